The number of thioether (sulfide) groups is 1. The molecule has 1 aromatic rings. The molecule has 4 heteroatoms. The molecule has 0 fully saturated rings. The molecule has 2 nitrogen and oxygen atoms in total. The van der Waals surface area contributed by atoms with Gasteiger partial charge in [-0.25, -0.2) is 0 Å². The number of rotatable bonds is 1. The largest absolute Gasteiger partial charge is 0.334 e. The van der Waals surface area contributed by atoms with E-state index in [0.717, 1.165) is 28.1 Å². The van der Waals surface area contributed by atoms with Crippen molar-refractivity contribution < 1.29 is 0 Å². The van der Waals surface area contributed by atoms with E-state index in [1.54, 1.807) is 11.8 Å². The van der Waals surface area contributed by atoms with Crippen molar-refractivity contribution in [2.24, 2.45) is 10.4 Å². The Bertz CT molecular complexity index is 491. The van der Waals surface area contributed by atoms with E-state index in [1.807, 2.05) is 12.1 Å². The zero-order valence-electron chi connectivity index (χ0n) is 12.0. The highest BCUT2D eigenvalue weighted by molar-refractivity contribution is 8.14. The molecule has 1 heterocycles. The van der Waals surface area contributed by atoms with Gasteiger partial charge in [0.1, 0.15) is 0 Å². The van der Waals surface area contributed by atoms with Crippen molar-refractivity contribution in [1.29, 1.82) is 0 Å². The first-order valence-electron chi connectivity index (χ1n) is 6.60. The van der Waals surface area contributed by atoms with E-state index in [9.17, 15) is 0 Å². The summed E-state index contributed by atoms with van der Waals surface area (Å²) in [5.74, 6) is 1.11. The Kier molecular flexibility index (Phi) is 4.46. The Hall–Kier alpha value is -0.670. The van der Waals surface area contributed by atoms with E-state index >= 15 is 0 Å². The molecule has 104 valence electrons. The summed E-state index contributed by atoms with van der Waals surface area (Å²) in [6.45, 7) is 8.80. The number of amidine groups is 1. The smallest absolute Gasteiger partial charge is 0.161 e. The van der Waals surface area contributed by atoms with Crippen LogP contribution in [-0.2, 0) is 0 Å². The van der Waals surface area contributed by atoms with Gasteiger partial charge in [-0.05, 0) is 36.5 Å². The molecule has 1 unspecified atom stereocenters. The van der Waals surface area contributed by atoms with Crippen molar-refractivity contribution in [1.82, 2.24) is 0 Å². The molecule has 2 rings (SSSR count). The van der Waals surface area contributed by atoms with Crippen molar-refractivity contribution in [2.75, 3.05) is 11.1 Å². The molecule has 0 saturated heterocycles. The predicted octanol–water partition coefficient (Wildman–Crippen LogP) is 4.97. The molecule has 0 amide bonds. The van der Waals surface area contributed by atoms with Crippen LogP contribution in [0.2, 0.25) is 5.02 Å². The van der Waals surface area contributed by atoms with Crippen molar-refractivity contribution in [3.05, 3.63) is 28.8 Å². The quantitative estimate of drug-likeness (QED) is 0.791. The van der Waals surface area contributed by atoms with Gasteiger partial charge in [0.15, 0.2) is 5.17 Å². The van der Waals surface area contributed by atoms with Gasteiger partial charge < -0.3 is 5.32 Å². The summed E-state index contributed by atoms with van der Waals surface area (Å²) in [5.41, 5.74) is 2.35. The molecular formula is C15H21ClN2S. The first-order valence-corrected chi connectivity index (χ1v) is 7.96. The van der Waals surface area contributed by atoms with Gasteiger partial charge >= 0.3 is 0 Å². The van der Waals surface area contributed by atoms with Crippen molar-refractivity contribution in [3.63, 3.8) is 0 Å². The normalized spacial score (nSPS) is 20.1. The highest BCUT2D eigenvalue weighted by atomic mass is 35.5. The maximum Gasteiger partial charge on any atom is 0.161 e. The zero-order chi connectivity index (χ0) is 14.0. The van der Waals surface area contributed by atoms with Crippen LogP contribution in [0.5, 0.6) is 0 Å². The Labute approximate surface area is 125 Å². The standard InChI is InChI=1S/C15H21ClN2S/c1-10-5-6-11(16)12(9-10)17-14-18-13(7-8-19-14)15(2,3)4/h5-6,9,13H,7-8H2,1-4H3,(H,17,18). The number of nitrogens with one attached hydrogen (secondary N) is 1. The van der Waals surface area contributed by atoms with Gasteiger partial charge in [-0.2, -0.15) is 0 Å². The summed E-state index contributed by atoms with van der Waals surface area (Å²) in [6, 6.07) is 6.38. The molecule has 0 aliphatic carbocycles. The van der Waals surface area contributed by atoms with E-state index < -0.39 is 0 Å². The highest BCUT2D eigenvalue weighted by Crippen LogP contribution is 2.32. The maximum atomic E-state index is 6.21. The summed E-state index contributed by atoms with van der Waals surface area (Å²) in [4.78, 5) is 4.83. The van der Waals surface area contributed by atoms with Gasteiger partial charge in [-0.3, -0.25) is 4.99 Å². The number of aryl methyl sites for hydroxylation is 1. The molecular weight excluding hydrogens is 276 g/mol. The lowest BCUT2D eigenvalue weighted by Crippen LogP contribution is -2.30. The topological polar surface area (TPSA) is 24.4 Å². The SMILES string of the molecule is Cc1ccc(Cl)c(NC2=NC(C(C)(C)C)CCS2)c1. The number of hydrogen-bond acceptors (Lipinski definition) is 3. The van der Waals surface area contributed by atoms with Crippen LogP contribution in [0.3, 0.4) is 0 Å². The second-order valence-corrected chi connectivity index (χ2v) is 7.55. The fourth-order valence-corrected chi connectivity index (χ4v) is 3.14. The molecule has 1 aliphatic rings. The van der Waals surface area contributed by atoms with E-state index in [4.69, 9.17) is 16.6 Å². The third kappa shape index (κ3) is 3.90. The fourth-order valence-electron chi connectivity index (χ4n) is 2.06. The van der Waals surface area contributed by atoms with E-state index in [-0.39, 0.29) is 5.41 Å². The number of halogens is 1. The first kappa shape index (κ1) is 14.7. The second-order valence-electron chi connectivity index (χ2n) is 6.06. The molecule has 0 spiro atoms. The van der Waals surface area contributed by atoms with Gasteiger partial charge in [0, 0.05) is 5.75 Å². The Morgan fingerprint density at radius 2 is 2.11 bits per heavy atom. The van der Waals surface area contributed by atoms with E-state index in [2.05, 4.69) is 39.1 Å². The van der Waals surface area contributed by atoms with Crippen LogP contribution in [0.1, 0.15) is 32.8 Å². The molecule has 1 N–H and O–H groups in total. The molecule has 1 aliphatic heterocycles. The second kappa shape index (κ2) is 5.76. The van der Waals surface area contributed by atoms with Crippen molar-refractivity contribution >= 4 is 34.2 Å². The minimum Gasteiger partial charge on any atom is -0.334 e. The number of anilines is 1. The average Bonchev–Trinajstić information content (AvgIpc) is 2.33. The molecule has 0 saturated carbocycles. The lowest BCUT2D eigenvalue weighted by atomic mass is 9.85. The van der Waals surface area contributed by atoms with Crippen molar-refractivity contribution in [3.8, 4) is 0 Å². The van der Waals surface area contributed by atoms with Crippen LogP contribution < -0.4 is 5.32 Å². The molecule has 19 heavy (non-hydrogen) atoms. The molecule has 0 radical (unpaired) electrons. The number of benzene rings is 1. The van der Waals surface area contributed by atoms with Crippen molar-refractivity contribution in [2.45, 2.75) is 40.2 Å². The third-order valence-electron chi connectivity index (χ3n) is 3.27. The maximum absolute atomic E-state index is 6.21. The summed E-state index contributed by atoms with van der Waals surface area (Å²) in [6.07, 6.45) is 1.14. The van der Waals surface area contributed by atoms with Gasteiger partial charge in [0.2, 0.25) is 0 Å². The number of aliphatic imine (C=N–C) groups is 1. The lowest BCUT2D eigenvalue weighted by Gasteiger charge is -2.31. The van der Waals surface area contributed by atoms with Crippen LogP contribution >= 0.6 is 23.4 Å². The minimum atomic E-state index is 0.213. The predicted molar refractivity (Wildman–Crippen MR) is 87.6 cm³/mol. The summed E-state index contributed by atoms with van der Waals surface area (Å²) >= 11 is 7.99. The lowest BCUT2D eigenvalue weighted by molar-refractivity contribution is 0.316. The van der Waals surface area contributed by atoms with Crippen LogP contribution in [-0.4, -0.2) is 17.0 Å². The third-order valence-corrected chi connectivity index (χ3v) is 4.52. The minimum absolute atomic E-state index is 0.213. The summed E-state index contributed by atoms with van der Waals surface area (Å²) in [7, 11) is 0. The van der Waals surface area contributed by atoms with E-state index in [0.29, 0.717) is 6.04 Å². The summed E-state index contributed by atoms with van der Waals surface area (Å²) < 4.78 is 0. The number of hydrogen-bond donors (Lipinski definition) is 1. The Morgan fingerprint density at radius 3 is 2.79 bits per heavy atom. The van der Waals surface area contributed by atoms with Gasteiger partial charge in [-0.15, -0.1) is 0 Å². The molecule has 0 aromatic heterocycles. The highest BCUT2D eigenvalue weighted by Gasteiger charge is 2.27. The zero-order valence-corrected chi connectivity index (χ0v) is 13.5. The molecule has 1 aromatic carbocycles. The molecule has 0 bridgehead atoms. The number of nitrogens with zero attached hydrogens (tertiary/aromatic N) is 1. The average molecular weight is 297 g/mol. The van der Waals surface area contributed by atoms with E-state index in [1.165, 1.54) is 5.56 Å². The van der Waals surface area contributed by atoms with Crippen LogP contribution in [0.15, 0.2) is 23.2 Å². The van der Waals surface area contributed by atoms with Crippen LogP contribution in [0.25, 0.3) is 0 Å². The van der Waals surface area contributed by atoms with Gasteiger partial charge in [-0.1, -0.05) is 50.2 Å². The molecule has 1 atom stereocenters. The van der Waals surface area contributed by atoms with Gasteiger partial charge in [0.05, 0.1) is 16.8 Å². The summed E-state index contributed by atoms with van der Waals surface area (Å²) in [5, 5.41) is 5.10. The first-order chi connectivity index (χ1) is 8.86. The van der Waals surface area contributed by atoms with Crippen LogP contribution in [0.4, 0.5) is 5.69 Å². The Balaban J connectivity index is 2.18. The Morgan fingerprint density at radius 1 is 1.37 bits per heavy atom. The van der Waals surface area contributed by atoms with Crippen LogP contribution in [0, 0.1) is 12.3 Å². The van der Waals surface area contributed by atoms with Gasteiger partial charge in [0.25, 0.3) is 0 Å². The monoisotopic (exact) mass is 296 g/mol. The fraction of sp³-hybridized carbons (Fsp3) is 0.533.